The van der Waals surface area contributed by atoms with E-state index in [9.17, 15) is 4.79 Å². The van der Waals surface area contributed by atoms with Gasteiger partial charge in [-0.1, -0.05) is 38.1 Å². The summed E-state index contributed by atoms with van der Waals surface area (Å²) >= 11 is 0. The van der Waals surface area contributed by atoms with Crippen LogP contribution in [-0.4, -0.2) is 26.7 Å². The van der Waals surface area contributed by atoms with Crippen LogP contribution < -0.4 is 15.4 Å². The average molecular weight is 406 g/mol. The molecule has 2 heterocycles. The Labute approximate surface area is 175 Å². The Morgan fingerprint density at radius 3 is 2.60 bits per heavy atom. The lowest BCUT2D eigenvalue weighted by Gasteiger charge is -2.32. The minimum Gasteiger partial charge on any atom is -0.484 e. The molecule has 156 valence electrons. The van der Waals surface area contributed by atoms with Crippen molar-refractivity contribution in [2.45, 2.75) is 63.6 Å². The third kappa shape index (κ3) is 3.72. The summed E-state index contributed by atoms with van der Waals surface area (Å²) in [6.07, 6.45) is 5.76. The lowest BCUT2D eigenvalue weighted by molar-refractivity contribution is 0.171. The van der Waals surface area contributed by atoms with Crippen molar-refractivity contribution in [1.82, 2.24) is 25.2 Å². The molecule has 2 amide bonds. The van der Waals surface area contributed by atoms with E-state index in [4.69, 9.17) is 4.74 Å². The summed E-state index contributed by atoms with van der Waals surface area (Å²) < 4.78 is 8.42. The molecule has 1 unspecified atom stereocenters. The molecule has 2 aliphatic carbocycles. The van der Waals surface area contributed by atoms with Gasteiger partial charge in [0.2, 0.25) is 0 Å². The molecule has 0 aliphatic heterocycles. The van der Waals surface area contributed by atoms with Gasteiger partial charge in [0.25, 0.3) is 0 Å². The number of amides is 2. The second-order valence-electron chi connectivity index (χ2n) is 8.56. The molecule has 1 saturated carbocycles. The van der Waals surface area contributed by atoms with Crippen LogP contribution in [-0.2, 0) is 0 Å². The molecule has 7 nitrogen and oxygen atoms in total. The van der Waals surface area contributed by atoms with Crippen LogP contribution in [0.5, 0.6) is 5.75 Å². The van der Waals surface area contributed by atoms with E-state index in [1.54, 1.807) is 0 Å². The highest BCUT2D eigenvalue weighted by atomic mass is 16.5. The maximum absolute atomic E-state index is 12.3. The maximum atomic E-state index is 12.3. The molecular weight excluding hydrogens is 378 g/mol. The van der Waals surface area contributed by atoms with Gasteiger partial charge in [-0.2, -0.15) is 0 Å². The molecule has 0 saturated heterocycles. The molecule has 2 atom stereocenters. The Hall–Kier alpha value is -3.09. The van der Waals surface area contributed by atoms with Crippen LogP contribution in [0, 0.1) is 0 Å². The molecule has 3 aromatic rings. The van der Waals surface area contributed by atoms with Crippen LogP contribution in [0.2, 0.25) is 0 Å². The van der Waals surface area contributed by atoms with Crippen LogP contribution >= 0.6 is 0 Å². The summed E-state index contributed by atoms with van der Waals surface area (Å²) in [4.78, 5) is 12.3. The monoisotopic (exact) mass is 405 g/mol. The van der Waals surface area contributed by atoms with E-state index in [1.165, 1.54) is 0 Å². The number of ether oxygens (including phenoxy) is 1. The van der Waals surface area contributed by atoms with Crippen molar-refractivity contribution < 1.29 is 9.53 Å². The number of nitrogens with zero attached hydrogens (tertiary/aromatic N) is 3. The Morgan fingerprint density at radius 2 is 1.83 bits per heavy atom. The standard InChI is InChI=1S/C23H27N5O2/c1-14(2)22-27-26-21-12-9-16(13-28(21)22)30-20-11-10-19(17-5-3-4-6-18(17)20)25-23(29)24-15-7-8-15/h3-6,9,12-15,19-20H,7-8,10-11H2,1-2H3,(H2,24,25,29)/t19?,20-/m0/s1. The Bertz CT molecular complexity index is 1070. The van der Waals surface area contributed by atoms with Crippen molar-refractivity contribution in [1.29, 1.82) is 0 Å². The predicted molar refractivity (Wildman–Crippen MR) is 114 cm³/mol. The zero-order valence-corrected chi connectivity index (χ0v) is 17.3. The summed E-state index contributed by atoms with van der Waals surface area (Å²) in [6.45, 7) is 4.21. The fourth-order valence-electron chi connectivity index (χ4n) is 4.15. The SMILES string of the molecule is CC(C)c1nnc2ccc(O[C@H]3CCC(NC(=O)NC4CC4)c4ccccc43)cn12. The molecule has 0 radical (unpaired) electrons. The van der Waals surface area contributed by atoms with Crippen molar-refractivity contribution in [2.24, 2.45) is 0 Å². The number of nitrogens with one attached hydrogen (secondary N) is 2. The number of urea groups is 1. The molecule has 1 aromatic carbocycles. The first-order valence-electron chi connectivity index (χ1n) is 10.8. The van der Waals surface area contributed by atoms with Crippen molar-refractivity contribution >= 4 is 11.7 Å². The van der Waals surface area contributed by atoms with Crippen LogP contribution in [0.3, 0.4) is 0 Å². The lowest BCUT2D eigenvalue weighted by Crippen LogP contribution is -2.40. The van der Waals surface area contributed by atoms with E-state index in [1.807, 2.05) is 34.9 Å². The zero-order valence-electron chi connectivity index (χ0n) is 17.3. The number of carbonyl (C=O) groups excluding carboxylic acids is 1. The van der Waals surface area contributed by atoms with Gasteiger partial charge in [-0.3, -0.25) is 4.40 Å². The molecule has 5 rings (SSSR count). The third-order valence-corrected chi connectivity index (χ3v) is 5.85. The van der Waals surface area contributed by atoms with E-state index in [2.05, 4.69) is 46.8 Å². The first kappa shape index (κ1) is 18.9. The Kier molecular flexibility index (Phi) is 4.81. The quantitative estimate of drug-likeness (QED) is 0.664. The first-order valence-corrected chi connectivity index (χ1v) is 10.8. The predicted octanol–water partition coefficient (Wildman–Crippen LogP) is 4.27. The number of aromatic nitrogens is 3. The second kappa shape index (κ2) is 7.63. The molecule has 2 aliphatic rings. The average Bonchev–Trinajstić information content (AvgIpc) is 3.44. The van der Waals surface area contributed by atoms with Crippen molar-refractivity contribution in [3.05, 3.63) is 59.5 Å². The molecule has 1 fully saturated rings. The summed E-state index contributed by atoms with van der Waals surface area (Å²) in [6, 6.07) is 12.4. The van der Waals surface area contributed by atoms with Crippen LogP contribution in [0.1, 0.15) is 74.5 Å². The van der Waals surface area contributed by atoms with Gasteiger partial charge in [-0.25, -0.2) is 4.79 Å². The van der Waals surface area contributed by atoms with Crippen LogP contribution in [0.15, 0.2) is 42.6 Å². The second-order valence-corrected chi connectivity index (χ2v) is 8.56. The highest BCUT2D eigenvalue weighted by Crippen LogP contribution is 2.38. The normalized spacial score (nSPS) is 20.8. The minimum atomic E-state index is -0.0732. The highest BCUT2D eigenvalue weighted by Gasteiger charge is 2.31. The molecule has 0 bridgehead atoms. The molecule has 7 heteroatoms. The maximum Gasteiger partial charge on any atom is 0.315 e. The highest BCUT2D eigenvalue weighted by molar-refractivity contribution is 5.75. The number of pyridine rings is 1. The van der Waals surface area contributed by atoms with E-state index in [0.717, 1.165) is 54.0 Å². The van der Waals surface area contributed by atoms with Crippen LogP contribution in [0.4, 0.5) is 4.79 Å². The molecule has 2 N–H and O–H groups in total. The molecule has 0 spiro atoms. The lowest BCUT2D eigenvalue weighted by atomic mass is 9.85. The van der Waals surface area contributed by atoms with Gasteiger partial charge in [-0.15, -0.1) is 10.2 Å². The van der Waals surface area contributed by atoms with E-state index in [0.29, 0.717) is 6.04 Å². The number of rotatable bonds is 5. The number of hydrogen-bond donors (Lipinski definition) is 2. The summed E-state index contributed by atoms with van der Waals surface area (Å²) in [5.41, 5.74) is 3.09. The molecular formula is C23H27N5O2. The van der Waals surface area contributed by atoms with Gasteiger partial charge in [0, 0.05) is 12.0 Å². The fraction of sp³-hybridized carbons (Fsp3) is 0.435. The fourth-order valence-corrected chi connectivity index (χ4v) is 4.15. The van der Waals surface area contributed by atoms with Crippen molar-refractivity contribution in [2.75, 3.05) is 0 Å². The van der Waals surface area contributed by atoms with Crippen molar-refractivity contribution in [3.8, 4) is 5.75 Å². The molecule has 30 heavy (non-hydrogen) atoms. The minimum absolute atomic E-state index is 0.00710. The van der Waals surface area contributed by atoms with Crippen LogP contribution in [0.25, 0.3) is 5.65 Å². The van der Waals surface area contributed by atoms with E-state index in [-0.39, 0.29) is 24.1 Å². The van der Waals surface area contributed by atoms with E-state index < -0.39 is 0 Å². The van der Waals surface area contributed by atoms with Gasteiger partial charge < -0.3 is 15.4 Å². The summed E-state index contributed by atoms with van der Waals surface area (Å²) in [5, 5.41) is 14.7. The van der Waals surface area contributed by atoms with E-state index >= 15 is 0 Å². The Morgan fingerprint density at radius 1 is 1.03 bits per heavy atom. The molecule has 2 aromatic heterocycles. The largest absolute Gasteiger partial charge is 0.484 e. The number of fused-ring (bicyclic) bond motifs is 2. The number of hydrogen-bond acceptors (Lipinski definition) is 4. The topological polar surface area (TPSA) is 80.6 Å². The third-order valence-electron chi connectivity index (χ3n) is 5.85. The summed E-state index contributed by atoms with van der Waals surface area (Å²) in [5.74, 6) is 1.99. The number of carbonyl (C=O) groups is 1. The summed E-state index contributed by atoms with van der Waals surface area (Å²) in [7, 11) is 0. The smallest absolute Gasteiger partial charge is 0.315 e. The van der Waals surface area contributed by atoms with Gasteiger partial charge >= 0.3 is 6.03 Å². The van der Waals surface area contributed by atoms with Gasteiger partial charge in [-0.05, 0) is 48.9 Å². The van der Waals surface area contributed by atoms with Gasteiger partial charge in [0.1, 0.15) is 17.7 Å². The van der Waals surface area contributed by atoms with Gasteiger partial charge in [0.05, 0.1) is 12.2 Å². The Balaban J connectivity index is 1.37. The first-order chi connectivity index (χ1) is 14.6. The van der Waals surface area contributed by atoms with Gasteiger partial charge in [0.15, 0.2) is 5.65 Å². The number of benzene rings is 1. The van der Waals surface area contributed by atoms with Crippen molar-refractivity contribution in [3.63, 3.8) is 0 Å². The zero-order chi connectivity index (χ0) is 20.7.